The normalized spacial score (nSPS) is 25.5. The summed E-state index contributed by atoms with van der Waals surface area (Å²) in [5, 5.41) is 0.722. The van der Waals surface area contributed by atoms with Crippen LogP contribution in [0.1, 0.15) is 25.7 Å². The first-order valence-electron chi connectivity index (χ1n) is 5.25. The second-order valence-electron chi connectivity index (χ2n) is 4.06. The van der Waals surface area contributed by atoms with Crippen molar-refractivity contribution in [3.05, 3.63) is 0 Å². The lowest BCUT2D eigenvalue weighted by Gasteiger charge is -2.30. The molecule has 6 heteroatoms. The fourth-order valence-corrected chi connectivity index (χ4v) is 4.02. The molecule has 0 N–H and O–H groups in total. The van der Waals surface area contributed by atoms with Gasteiger partial charge in [0.25, 0.3) is 10.2 Å². The Morgan fingerprint density at radius 1 is 1.33 bits per heavy atom. The Hall–Kier alpha value is 0.350. The second kappa shape index (κ2) is 5.61. The van der Waals surface area contributed by atoms with Crippen molar-refractivity contribution in [3.63, 3.8) is 0 Å². The molecule has 0 aliphatic carbocycles. The van der Waals surface area contributed by atoms with Crippen molar-refractivity contribution in [1.82, 2.24) is 8.61 Å². The molecule has 4 nitrogen and oxygen atoms in total. The van der Waals surface area contributed by atoms with Crippen LogP contribution < -0.4 is 0 Å². The topological polar surface area (TPSA) is 40.6 Å². The van der Waals surface area contributed by atoms with Crippen LogP contribution in [0.25, 0.3) is 0 Å². The summed E-state index contributed by atoms with van der Waals surface area (Å²) in [5.41, 5.74) is 0. The molecule has 1 aliphatic heterocycles. The molecule has 0 aromatic heterocycles. The van der Waals surface area contributed by atoms with Crippen LogP contribution in [0.4, 0.5) is 0 Å². The van der Waals surface area contributed by atoms with E-state index in [1.54, 1.807) is 18.4 Å². The zero-order valence-corrected chi connectivity index (χ0v) is 11.7. The van der Waals surface area contributed by atoms with Gasteiger partial charge in [-0.05, 0) is 12.8 Å². The maximum atomic E-state index is 12.0. The first kappa shape index (κ1) is 13.4. The molecule has 90 valence electrons. The Kier molecular flexibility index (Phi) is 5.02. The van der Waals surface area contributed by atoms with Crippen LogP contribution in [0.5, 0.6) is 0 Å². The molecular weight excluding hydrogens is 280 g/mol. The van der Waals surface area contributed by atoms with E-state index in [2.05, 4.69) is 15.9 Å². The summed E-state index contributed by atoms with van der Waals surface area (Å²) >= 11 is 3.40. The Morgan fingerprint density at radius 3 is 2.53 bits per heavy atom. The number of hydrogen-bond donors (Lipinski definition) is 0. The molecule has 1 saturated heterocycles. The molecule has 0 radical (unpaired) electrons. The minimum atomic E-state index is -3.25. The Balaban J connectivity index is 2.88. The van der Waals surface area contributed by atoms with Gasteiger partial charge in [0.1, 0.15) is 0 Å². The molecule has 0 saturated carbocycles. The van der Waals surface area contributed by atoms with Crippen LogP contribution in [-0.2, 0) is 10.2 Å². The first-order valence-corrected chi connectivity index (χ1v) is 7.77. The number of rotatable bonds is 3. The van der Waals surface area contributed by atoms with Crippen molar-refractivity contribution in [3.8, 4) is 0 Å². The monoisotopic (exact) mass is 298 g/mol. The molecular formula is C9H19BrN2O2S. The second-order valence-corrected chi connectivity index (χ2v) is 6.80. The molecule has 0 bridgehead atoms. The molecule has 0 aromatic rings. The molecule has 1 rings (SSSR count). The van der Waals surface area contributed by atoms with E-state index in [1.807, 2.05) is 0 Å². The largest absolute Gasteiger partial charge is 0.281 e. The van der Waals surface area contributed by atoms with Crippen molar-refractivity contribution >= 4 is 26.1 Å². The predicted molar refractivity (Wildman–Crippen MR) is 65.4 cm³/mol. The molecule has 0 spiro atoms. The summed E-state index contributed by atoms with van der Waals surface area (Å²) in [4.78, 5) is 0. The van der Waals surface area contributed by atoms with Gasteiger partial charge in [-0.3, -0.25) is 0 Å². The fourth-order valence-electron chi connectivity index (χ4n) is 1.82. The van der Waals surface area contributed by atoms with Crippen molar-refractivity contribution in [2.45, 2.75) is 31.7 Å². The smallest absolute Gasteiger partial charge is 0.195 e. The number of alkyl halides is 1. The lowest BCUT2D eigenvalue weighted by molar-refractivity contribution is 0.323. The maximum absolute atomic E-state index is 12.0. The van der Waals surface area contributed by atoms with Gasteiger partial charge in [0.15, 0.2) is 0 Å². The van der Waals surface area contributed by atoms with E-state index in [9.17, 15) is 8.42 Å². The average Bonchev–Trinajstić information content (AvgIpc) is 2.41. The maximum Gasteiger partial charge on any atom is 0.281 e. The first-order chi connectivity index (χ1) is 7.00. The quantitative estimate of drug-likeness (QED) is 0.740. The third kappa shape index (κ3) is 3.15. The summed E-state index contributed by atoms with van der Waals surface area (Å²) in [6.45, 7) is 0.650. The third-order valence-electron chi connectivity index (χ3n) is 2.76. The lowest BCUT2D eigenvalue weighted by atomic mass is 10.1. The van der Waals surface area contributed by atoms with Crippen LogP contribution >= 0.6 is 15.9 Å². The third-order valence-corrected chi connectivity index (χ3v) is 5.50. The average molecular weight is 299 g/mol. The van der Waals surface area contributed by atoms with Gasteiger partial charge in [-0.1, -0.05) is 28.8 Å². The Labute approximate surface area is 101 Å². The SMILES string of the molecule is CN(C)S(=O)(=O)N1CCCCCC1CBr. The van der Waals surface area contributed by atoms with E-state index in [-0.39, 0.29) is 6.04 Å². The molecule has 1 aliphatic rings. The Morgan fingerprint density at radius 2 is 2.00 bits per heavy atom. The van der Waals surface area contributed by atoms with Gasteiger partial charge in [-0.15, -0.1) is 0 Å². The molecule has 1 fully saturated rings. The van der Waals surface area contributed by atoms with E-state index in [0.717, 1.165) is 31.0 Å². The standard InChI is InChI=1S/C9H19BrN2O2S/c1-11(2)15(13,14)12-7-5-3-4-6-9(12)8-10/h9H,3-8H2,1-2H3. The summed E-state index contributed by atoms with van der Waals surface area (Å²) in [6, 6.07) is 0.111. The van der Waals surface area contributed by atoms with Crippen LogP contribution in [0.2, 0.25) is 0 Å². The summed E-state index contributed by atoms with van der Waals surface area (Å²) < 4.78 is 27.0. The van der Waals surface area contributed by atoms with E-state index in [1.165, 1.54) is 4.31 Å². The fraction of sp³-hybridized carbons (Fsp3) is 1.00. The highest BCUT2D eigenvalue weighted by Gasteiger charge is 2.31. The highest BCUT2D eigenvalue weighted by atomic mass is 79.9. The molecule has 1 atom stereocenters. The zero-order chi connectivity index (χ0) is 11.5. The van der Waals surface area contributed by atoms with E-state index in [4.69, 9.17) is 0 Å². The van der Waals surface area contributed by atoms with Gasteiger partial charge < -0.3 is 0 Å². The van der Waals surface area contributed by atoms with Crippen LogP contribution in [0, 0.1) is 0 Å². The number of hydrogen-bond acceptors (Lipinski definition) is 2. The number of nitrogens with zero attached hydrogens (tertiary/aromatic N) is 2. The predicted octanol–water partition coefficient (Wildman–Crippen LogP) is 1.43. The van der Waals surface area contributed by atoms with Gasteiger partial charge in [-0.2, -0.15) is 17.0 Å². The molecule has 0 aromatic carbocycles. The van der Waals surface area contributed by atoms with Crippen molar-refractivity contribution in [1.29, 1.82) is 0 Å². The van der Waals surface area contributed by atoms with E-state index in [0.29, 0.717) is 6.54 Å². The van der Waals surface area contributed by atoms with Gasteiger partial charge in [0, 0.05) is 32.0 Å². The van der Waals surface area contributed by atoms with E-state index >= 15 is 0 Å². The molecule has 1 unspecified atom stereocenters. The van der Waals surface area contributed by atoms with Crippen LogP contribution in [0.3, 0.4) is 0 Å². The molecule has 15 heavy (non-hydrogen) atoms. The van der Waals surface area contributed by atoms with Crippen molar-refractivity contribution < 1.29 is 8.42 Å². The van der Waals surface area contributed by atoms with Gasteiger partial charge in [0.05, 0.1) is 0 Å². The van der Waals surface area contributed by atoms with Gasteiger partial charge >= 0.3 is 0 Å². The van der Waals surface area contributed by atoms with E-state index < -0.39 is 10.2 Å². The van der Waals surface area contributed by atoms with Crippen molar-refractivity contribution in [2.75, 3.05) is 26.0 Å². The highest BCUT2D eigenvalue weighted by Crippen LogP contribution is 2.22. The summed E-state index contributed by atoms with van der Waals surface area (Å²) in [6.07, 6.45) is 4.17. The van der Waals surface area contributed by atoms with Gasteiger partial charge in [0.2, 0.25) is 0 Å². The zero-order valence-electron chi connectivity index (χ0n) is 9.32. The lowest BCUT2D eigenvalue weighted by Crippen LogP contribution is -2.46. The van der Waals surface area contributed by atoms with Crippen LogP contribution in [-0.4, -0.2) is 49.0 Å². The molecule has 1 heterocycles. The molecule has 0 amide bonds. The van der Waals surface area contributed by atoms with Crippen LogP contribution in [0.15, 0.2) is 0 Å². The van der Waals surface area contributed by atoms with Gasteiger partial charge in [-0.25, -0.2) is 0 Å². The minimum Gasteiger partial charge on any atom is -0.195 e. The summed E-state index contributed by atoms with van der Waals surface area (Å²) in [7, 11) is -0.0703. The number of halogens is 1. The highest BCUT2D eigenvalue weighted by molar-refractivity contribution is 9.09. The minimum absolute atomic E-state index is 0.111. The van der Waals surface area contributed by atoms with Crippen molar-refractivity contribution in [2.24, 2.45) is 0 Å². The Bertz CT molecular complexity index is 292. The summed E-state index contributed by atoms with van der Waals surface area (Å²) in [5.74, 6) is 0.